The van der Waals surface area contributed by atoms with Crippen molar-refractivity contribution in [2.45, 2.75) is 6.92 Å². The molecule has 0 aliphatic carbocycles. The molecule has 1 aromatic heterocycles. The summed E-state index contributed by atoms with van der Waals surface area (Å²) in [5.74, 6) is -1.11. The van der Waals surface area contributed by atoms with Crippen molar-refractivity contribution in [2.75, 3.05) is 6.61 Å². The summed E-state index contributed by atoms with van der Waals surface area (Å²) in [6, 6.07) is 19.9. The summed E-state index contributed by atoms with van der Waals surface area (Å²) in [7, 11) is 0. The van der Waals surface area contributed by atoms with E-state index in [4.69, 9.17) is 9.72 Å². The van der Waals surface area contributed by atoms with Gasteiger partial charge in [0.05, 0.1) is 21.7 Å². The molecule has 7 nitrogen and oxygen atoms in total. The molecule has 0 spiro atoms. The van der Waals surface area contributed by atoms with E-state index in [1.54, 1.807) is 12.1 Å². The van der Waals surface area contributed by atoms with Crippen molar-refractivity contribution in [3.8, 4) is 11.3 Å². The minimum atomic E-state index is -0.651. The van der Waals surface area contributed by atoms with Gasteiger partial charge in [-0.2, -0.15) is 0 Å². The Bertz CT molecular complexity index is 1380. The first-order valence-corrected chi connectivity index (χ1v) is 10.7. The highest BCUT2D eigenvalue weighted by atomic mass is 79.9. The molecule has 0 saturated heterocycles. The molecule has 3 aromatic carbocycles. The zero-order valence-electron chi connectivity index (χ0n) is 17.4. The Morgan fingerprint density at radius 2 is 1.73 bits per heavy atom. The monoisotopic (exact) mass is 504 g/mol. The van der Waals surface area contributed by atoms with Gasteiger partial charge in [0, 0.05) is 33.1 Å². The van der Waals surface area contributed by atoms with Crippen LogP contribution in [0.1, 0.15) is 26.3 Å². The fraction of sp³-hybridized carbons (Fsp3) is 0.0800. The van der Waals surface area contributed by atoms with Gasteiger partial charge in [-0.15, -0.1) is 0 Å². The van der Waals surface area contributed by atoms with Crippen LogP contribution in [0.2, 0.25) is 0 Å². The number of Topliss-reactive ketones (excluding diaryl/α,β-unsaturated/α-hetero) is 1. The number of aryl methyl sites for hydroxylation is 1. The fourth-order valence-electron chi connectivity index (χ4n) is 3.39. The van der Waals surface area contributed by atoms with Crippen molar-refractivity contribution in [1.82, 2.24) is 4.98 Å². The normalized spacial score (nSPS) is 10.7. The highest BCUT2D eigenvalue weighted by Crippen LogP contribution is 2.28. The number of hydrogen-bond donors (Lipinski definition) is 0. The van der Waals surface area contributed by atoms with Crippen molar-refractivity contribution in [2.24, 2.45) is 0 Å². The van der Waals surface area contributed by atoms with E-state index in [-0.39, 0.29) is 11.3 Å². The number of hydrogen-bond acceptors (Lipinski definition) is 6. The molecule has 33 heavy (non-hydrogen) atoms. The number of ether oxygens (including phenoxy) is 1. The molecule has 0 aliphatic heterocycles. The second-order valence-electron chi connectivity index (χ2n) is 7.34. The minimum absolute atomic E-state index is 0.123. The van der Waals surface area contributed by atoms with Gasteiger partial charge in [0.15, 0.2) is 12.4 Å². The molecular weight excluding hydrogens is 488 g/mol. The molecule has 164 valence electrons. The molecule has 0 N–H and O–H groups in total. The fourth-order valence-corrected chi connectivity index (χ4v) is 3.65. The van der Waals surface area contributed by atoms with Crippen LogP contribution < -0.4 is 0 Å². The number of para-hydroxylation sites is 1. The number of rotatable bonds is 6. The molecule has 0 aliphatic rings. The van der Waals surface area contributed by atoms with Crippen LogP contribution in [0.4, 0.5) is 5.69 Å². The summed E-state index contributed by atoms with van der Waals surface area (Å²) in [4.78, 5) is 40.4. The number of pyridine rings is 1. The van der Waals surface area contributed by atoms with Crippen LogP contribution in [0, 0.1) is 17.0 Å². The molecule has 0 fully saturated rings. The third-order valence-corrected chi connectivity index (χ3v) is 5.66. The van der Waals surface area contributed by atoms with Gasteiger partial charge in [0.25, 0.3) is 5.69 Å². The van der Waals surface area contributed by atoms with Crippen LogP contribution >= 0.6 is 15.9 Å². The molecule has 8 heteroatoms. The van der Waals surface area contributed by atoms with Crippen LogP contribution in [0.25, 0.3) is 22.2 Å². The number of aromatic nitrogens is 1. The smallest absolute Gasteiger partial charge is 0.339 e. The predicted molar refractivity (Wildman–Crippen MR) is 127 cm³/mol. The number of halogens is 1. The molecule has 0 bridgehead atoms. The van der Waals surface area contributed by atoms with Gasteiger partial charge >= 0.3 is 5.97 Å². The van der Waals surface area contributed by atoms with Gasteiger partial charge in [-0.25, -0.2) is 9.78 Å². The molecule has 4 rings (SSSR count). The lowest BCUT2D eigenvalue weighted by Crippen LogP contribution is -2.15. The van der Waals surface area contributed by atoms with E-state index in [9.17, 15) is 19.7 Å². The summed E-state index contributed by atoms with van der Waals surface area (Å²) in [6.07, 6.45) is 0. The maximum absolute atomic E-state index is 13.0. The van der Waals surface area contributed by atoms with Crippen LogP contribution in [-0.2, 0) is 4.74 Å². The number of nitrogens with zero attached hydrogens (tertiary/aromatic N) is 2. The third kappa shape index (κ3) is 4.80. The standard InChI is InChI=1S/C25H17BrN2O5/c1-15-3-2-4-20-21(13-22(27-24(15)20)16-5-9-18(26)10-6-16)25(30)33-14-23(29)17-7-11-19(12-8-17)28(31)32/h2-13H,14H2,1H3. The number of carbonyl (C=O) groups excluding carboxylic acids is 2. The Morgan fingerprint density at radius 1 is 1.03 bits per heavy atom. The first-order chi connectivity index (χ1) is 15.8. The van der Waals surface area contributed by atoms with Gasteiger partial charge < -0.3 is 4.74 Å². The number of fused-ring (bicyclic) bond motifs is 1. The van der Waals surface area contributed by atoms with E-state index in [2.05, 4.69) is 15.9 Å². The lowest BCUT2D eigenvalue weighted by atomic mass is 10.0. The first kappa shape index (κ1) is 22.3. The highest BCUT2D eigenvalue weighted by Gasteiger charge is 2.18. The topological polar surface area (TPSA) is 99.4 Å². The van der Waals surface area contributed by atoms with Crippen LogP contribution in [0.15, 0.2) is 77.3 Å². The molecule has 1 heterocycles. The van der Waals surface area contributed by atoms with Crippen molar-refractivity contribution in [3.05, 3.63) is 104 Å². The van der Waals surface area contributed by atoms with E-state index in [1.165, 1.54) is 24.3 Å². The average Bonchev–Trinajstić information content (AvgIpc) is 2.82. The van der Waals surface area contributed by atoms with Crippen molar-refractivity contribution in [3.63, 3.8) is 0 Å². The molecule has 0 amide bonds. The molecule has 0 saturated carbocycles. The Balaban J connectivity index is 1.63. The maximum atomic E-state index is 13.0. The van der Waals surface area contributed by atoms with Gasteiger partial charge in [0.1, 0.15) is 0 Å². The number of nitro groups is 1. The van der Waals surface area contributed by atoms with Crippen molar-refractivity contribution >= 4 is 44.3 Å². The second kappa shape index (κ2) is 9.30. The summed E-state index contributed by atoms with van der Waals surface area (Å²) in [5.41, 5.74) is 3.42. The average molecular weight is 505 g/mol. The summed E-state index contributed by atoms with van der Waals surface area (Å²) < 4.78 is 6.25. The van der Waals surface area contributed by atoms with E-state index in [0.29, 0.717) is 22.2 Å². The van der Waals surface area contributed by atoms with Gasteiger partial charge in [0.2, 0.25) is 0 Å². The zero-order chi connectivity index (χ0) is 23.5. The van der Waals surface area contributed by atoms with Gasteiger partial charge in [-0.3, -0.25) is 14.9 Å². The lowest BCUT2D eigenvalue weighted by Gasteiger charge is -2.11. The van der Waals surface area contributed by atoms with E-state index in [1.807, 2.05) is 43.3 Å². The van der Waals surface area contributed by atoms with Crippen LogP contribution in [0.5, 0.6) is 0 Å². The Labute approximate surface area is 197 Å². The summed E-state index contributed by atoms with van der Waals surface area (Å²) in [6.45, 7) is 1.42. The second-order valence-corrected chi connectivity index (χ2v) is 8.25. The molecule has 0 radical (unpaired) electrons. The molecule has 0 unspecified atom stereocenters. The molecule has 4 aromatic rings. The van der Waals surface area contributed by atoms with E-state index in [0.717, 1.165) is 15.6 Å². The van der Waals surface area contributed by atoms with Crippen LogP contribution in [-0.4, -0.2) is 28.3 Å². The minimum Gasteiger partial charge on any atom is -0.454 e. The lowest BCUT2D eigenvalue weighted by molar-refractivity contribution is -0.384. The predicted octanol–water partition coefficient (Wildman–Crippen LogP) is 5.92. The Kier molecular flexibility index (Phi) is 6.28. The SMILES string of the molecule is Cc1cccc2c(C(=O)OCC(=O)c3ccc([N+](=O)[O-])cc3)cc(-c3ccc(Br)cc3)nc12. The largest absolute Gasteiger partial charge is 0.454 e. The van der Waals surface area contributed by atoms with E-state index >= 15 is 0 Å². The number of benzene rings is 3. The summed E-state index contributed by atoms with van der Waals surface area (Å²) >= 11 is 3.41. The van der Waals surface area contributed by atoms with Gasteiger partial charge in [-0.05, 0) is 42.8 Å². The van der Waals surface area contributed by atoms with Crippen LogP contribution in [0.3, 0.4) is 0 Å². The Hall–Kier alpha value is -3.91. The first-order valence-electron chi connectivity index (χ1n) is 9.94. The molecule has 0 atom stereocenters. The van der Waals surface area contributed by atoms with Gasteiger partial charge in [-0.1, -0.05) is 46.3 Å². The summed E-state index contributed by atoms with van der Waals surface area (Å²) in [5, 5.41) is 11.4. The quantitative estimate of drug-likeness (QED) is 0.140. The third-order valence-electron chi connectivity index (χ3n) is 5.14. The zero-order valence-corrected chi connectivity index (χ0v) is 19.0. The number of non-ortho nitro benzene ring substituents is 1. The number of carbonyl (C=O) groups is 2. The number of ketones is 1. The Morgan fingerprint density at radius 3 is 2.39 bits per heavy atom. The van der Waals surface area contributed by atoms with E-state index < -0.39 is 23.3 Å². The van der Waals surface area contributed by atoms with Crippen molar-refractivity contribution < 1.29 is 19.2 Å². The maximum Gasteiger partial charge on any atom is 0.339 e. The molecular formula is C25H17BrN2O5. The highest BCUT2D eigenvalue weighted by molar-refractivity contribution is 9.10. The van der Waals surface area contributed by atoms with Crippen molar-refractivity contribution in [1.29, 1.82) is 0 Å². The number of esters is 1. The number of nitro benzene ring substituents is 1.